The second kappa shape index (κ2) is 9.01. The normalized spacial score (nSPS) is 11.8. The summed E-state index contributed by atoms with van der Waals surface area (Å²) in [5.74, 6) is 0.650. The van der Waals surface area contributed by atoms with Crippen molar-refractivity contribution in [2.24, 2.45) is 0 Å². The Labute approximate surface area is 198 Å². The van der Waals surface area contributed by atoms with Gasteiger partial charge in [0.1, 0.15) is 16.9 Å². The van der Waals surface area contributed by atoms with Gasteiger partial charge >= 0.3 is 5.63 Å². The fourth-order valence-corrected chi connectivity index (χ4v) is 4.34. The highest BCUT2D eigenvalue weighted by molar-refractivity contribution is 6.00. The van der Waals surface area contributed by atoms with Crippen LogP contribution in [0.2, 0.25) is 0 Å². The predicted octanol–water partition coefficient (Wildman–Crippen LogP) is 5.71. The summed E-state index contributed by atoms with van der Waals surface area (Å²) in [7, 11) is 1.62. The lowest BCUT2D eigenvalue weighted by Crippen LogP contribution is -2.24. The molecular formula is C28H31NO5. The van der Waals surface area contributed by atoms with Gasteiger partial charge in [0, 0.05) is 40.4 Å². The molecule has 0 spiro atoms. The van der Waals surface area contributed by atoms with Gasteiger partial charge in [-0.3, -0.25) is 4.79 Å². The molecule has 0 unspecified atom stereocenters. The molecule has 0 radical (unpaired) electrons. The molecule has 0 saturated carbocycles. The summed E-state index contributed by atoms with van der Waals surface area (Å²) >= 11 is 0. The summed E-state index contributed by atoms with van der Waals surface area (Å²) < 4.78 is 16.7. The smallest absolute Gasteiger partial charge is 0.339 e. The van der Waals surface area contributed by atoms with Crippen molar-refractivity contribution in [3.63, 3.8) is 0 Å². The van der Waals surface area contributed by atoms with Crippen LogP contribution < -0.4 is 15.7 Å². The number of hydrogen-bond donors (Lipinski definition) is 1. The van der Waals surface area contributed by atoms with Crippen LogP contribution in [-0.4, -0.2) is 13.0 Å². The zero-order chi connectivity index (χ0) is 24.6. The number of methoxy groups -OCH3 is 1. The molecule has 2 aromatic heterocycles. The van der Waals surface area contributed by atoms with Crippen molar-refractivity contribution in [1.82, 2.24) is 5.32 Å². The number of nitrogens with one attached hydrogen (secondary N) is 1. The van der Waals surface area contributed by atoms with E-state index in [0.29, 0.717) is 24.1 Å². The van der Waals surface area contributed by atoms with Crippen molar-refractivity contribution in [2.75, 3.05) is 7.11 Å². The molecule has 6 heteroatoms. The second-order valence-electron chi connectivity index (χ2n) is 9.77. The molecule has 2 heterocycles. The van der Waals surface area contributed by atoms with Crippen LogP contribution in [0.4, 0.5) is 0 Å². The molecule has 34 heavy (non-hydrogen) atoms. The Morgan fingerprint density at radius 1 is 1.03 bits per heavy atom. The number of aryl methyl sites for hydroxylation is 2. The van der Waals surface area contributed by atoms with Crippen molar-refractivity contribution in [2.45, 2.75) is 59.4 Å². The van der Waals surface area contributed by atoms with Gasteiger partial charge in [-0.15, -0.1) is 0 Å². The van der Waals surface area contributed by atoms with Crippen molar-refractivity contribution in [3.8, 4) is 5.75 Å². The van der Waals surface area contributed by atoms with E-state index < -0.39 is 5.63 Å². The zero-order valence-electron chi connectivity index (χ0n) is 20.6. The van der Waals surface area contributed by atoms with E-state index in [1.165, 1.54) is 0 Å². The fourth-order valence-electron chi connectivity index (χ4n) is 4.34. The molecule has 4 rings (SSSR count). The molecule has 178 valence electrons. The van der Waals surface area contributed by atoms with Gasteiger partial charge < -0.3 is 18.9 Å². The summed E-state index contributed by atoms with van der Waals surface area (Å²) in [5, 5.41) is 4.82. The Bertz CT molecular complexity index is 1420. The van der Waals surface area contributed by atoms with E-state index in [4.69, 9.17) is 13.6 Å². The minimum Gasteiger partial charge on any atom is -0.497 e. The molecule has 0 aliphatic heterocycles. The number of rotatable bonds is 6. The molecule has 1 amide bonds. The summed E-state index contributed by atoms with van der Waals surface area (Å²) in [6.45, 7) is 10.7. The number of fused-ring (bicyclic) bond motifs is 2. The molecular weight excluding hydrogens is 430 g/mol. The number of ether oxygens (including phenoxy) is 1. The number of hydrogen-bond acceptors (Lipinski definition) is 5. The maximum Gasteiger partial charge on any atom is 0.339 e. The van der Waals surface area contributed by atoms with E-state index in [2.05, 4.69) is 26.1 Å². The van der Waals surface area contributed by atoms with Crippen molar-refractivity contribution in [1.29, 1.82) is 0 Å². The number of benzene rings is 2. The highest BCUT2D eigenvalue weighted by Crippen LogP contribution is 2.37. The highest BCUT2D eigenvalue weighted by atomic mass is 16.5. The lowest BCUT2D eigenvalue weighted by atomic mass is 9.86. The maximum absolute atomic E-state index is 12.8. The third-order valence-corrected chi connectivity index (χ3v) is 6.40. The lowest BCUT2D eigenvalue weighted by molar-refractivity contribution is -0.121. The lowest BCUT2D eigenvalue weighted by Gasteiger charge is -2.17. The van der Waals surface area contributed by atoms with Gasteiger partial charge in [-0.25, -0.2) is 4.79 Å². The van der Waals surface area contributed by atoms with E-state index in [-0.39, 0.29) is 17.7 Å². The van der Waals surface area contributed by atoms with E-state index in [0.717, 1.165) is 44.4 Å². The molecule has 0 bridgehead atoms. The minimum absolute atomic E-state index is 0.0836. The Morgan fingerprint density at radius 2 is 1.74 bits per heavy atom. The zero-order valence-corrected chi connectivity index (χ0v) is 20.6. The third kappa shape index (κ3) is 4.45. The van der Waals surface area contributed by atoms with Gasteiger partial charge in [0.25, 0.3) is 0 Å². The quantitative estimate of drug-likeness (QED) is 0.372. The van der Waals surface area contributed by atoms with E-state index in [9.17, 15) is 9.59 Å². The van der Waals surface area contributed by atoms with Crippen LogP contribution in [-0.2, 0) is 23.2 Å². The summed E-state index contributed by atoms with van der Waals surface area (Å²) in [6.07, 6.45) is 2.30. The van der Waals surface area contributed by atoms with Gasteiger partial charge in [0.05, 0.1) is 13.4 Å². The molecule has 6 nitrogen and oxygen atoms in total. The van der Waals surface area contributed by atoms with Crippen molar-refractivity contribution in [3.05, 3.63) is 74.8 Å². The molecule has 0 aliphatic rings. The van der Waals surface area contributed by atoms with Crippen LogP contribution in [0.15, 0.2) is 50.2 Å². The Morgan fingerprint density at radius 3 is 2.38 bits per heavy atom. The Hall–Kier alpha value is -3.54. The first-order chi connectivity index (χ1) is 16.1. The Balaban J connectivity index is 1.58. The SMILES string of the molecule is COc1ccc(CNC(=O)CCc2c(C)c3cc4c(C(C)(C)C)coc4c(C)c3oc2=O)cc1. The number of amides is 1. The van der Waals surface area contributed by atoms with Crippen molar-refractivity contribution >= 4 is 27.8 Å². The number of carbonyl (C=O) groups is 1. The summed E-state index contributed by atoms with van der Waals surface area (Å²) in [6, 6.07) is 9.58. The number of carbonyl (C=O) groups excluding carboxylic acids is 1. The maximum atomic E-state index is 12.8. The first-order valence-electron chi connectivity index (χ1n) is 11.5. The van der Waals surface area contributed by atoms with E-state index in [1.807, 2.05) is 44.2 Å². The highest BCUT2D eigenvalue weighted by Gasteiger charge is 2.23. The standard InChI is InChI=1S/C28H31NO5/c1-16-20(11-12-24(30)29-14-18-7-9-19(32-6)10-8-18)27(31)34-26-17(2)25-22(13-21(16)26)23(15-33-25)28(3,4)5/h7-10,13,15H,11-12,14H2,1-6H3,(H,29,30). The topological polar surface area (TPSA) is 81.7 Å². The summed E-state index contributed by atoms with van der Waals surface area (Å²) in [5.41, 5.74) is 5.07. The molecule has 0 aliphatic carbocycles. The third-order valence-electron chi connectivity index (χ3n) is 6.40. The van der Waals surface area contributed by atoms with Crippen LogP contribution >= 0.6 is 0 Å². The van der Waals surface area contributed by atoms with Gasteiger partial charge in [-0.2, -0.15) is 0 Å². The molecule has 0 saturated heterocycles. The van der Waals surface area contributed by atoms with Crippen molar-refractivity contribution < 1.29 is 18.4 Å². The van der Waals surface area contributed by atoms with Gasteiger partial charge in [-0.1, -0.05) is 32.9 Å². The van der Waals surface area contributed by atoms with Crippen LogP contribution in [0.25, 0.3) is 21.9 Å². The monoisotopic (exact) mass is 461 g/mol. The average molecular weight is 462 g/mol. The predicted molar refractivity (Wildman–Crippen MR) is 134 cm³/mol. The van der Waals surface area contributed by atoms with Gasteiger partial charge in [0.2, 0.25) is 5.91 Å². The largest absolute Gasteiger partial charge is 0.497 e. The fraction of sp³-hybridized carbons (Fsp3) is 0.357. The Kier molecular flexibility index (Phi) is 6.26. The van der Waals surface area contributed by atoms with Crippen LogP contribution in [0.1, 0.15) is 55.0 Å². The average Bonchev–Trinajstić information content (AvgIpc) is 3.24. The van der Waals surface area contributed by atoms with E-state index >= 15 is 0 Å². The molecule has 1 N–H and O–H groups in total. The first kappa shape index (κ1) is 23.6. The number of furan rings is 1. The van der Waals surface area contributed by atoms with Crippen LogP contribution in [0.3, 0.4) is 0 Å². The van der Waals surface area contributed by atoms with Crippen LogP contribution in [0.5, 0.6) is 5.75 Å². The van der Waals surface area contributed by atoms with Gasteiger partial charge in [0.15, 0.2) is 0 Å². The second-order valence-corrected chi connectivity index (χ2v) is 9.77. The minimum atomic E-state index is -0.405. The molecule has 0 atom stereocenters. The molecule has 2 aromatic carbocycles. The van der Waals surface area contributed by atoms with Gasteiger partial charge in [-0.05, 0) is 55.0 Å². The summed E-state index contributed by atoms with van der Waals surface area (Å²) in [4.78, 5) is 25.3. The molecule has 4 aromatic rings. The van der Waals surface area contributed by atoms with Crippen LogP contribution in [0, 0.1) is 13.8 Å². The molecule has 0 fully saturated rings. The first-order valence-corrected chi connectivity index (χ1v) is 11.5. The van der Waals surface area contributed by atoms with E-state index in [1.54, 1.807) is 13.4 Å².